The number of rotatable bonds is 3. The van der Waals surface area contributed by atoms with Crippen LogP contribution in [0.2, 0.25) is 0 Å². The van der Waals surface area contributed by atoms with Crippen molar-refractivity contribution in [1.29, 1.82) is 0 Å². The molecular formula is C27H32O7. The zero-order chi connectivity index (χ0) is 24.6. The SMILES string of the molecule is COC(=O)C[C@@H]1C(C)(C)C(=O)[C@H]2C[C@@H]3C4=CC(=O)O[C@H](c5ccoc5)[C@@]4(C)CC[C@H]3[C@@]1(C)C2=O. The summed E-state index contributed by atoms with van der Waals surface area (Å²) >= 11 is 0. The third-order valence-electron chi connectivity index (χ3n) is 9.70. The van der Waals surface area contributed by atoms with Crippen LogP contribution in [0.15, 0.2) is 34.7 Å². The van der Waals surface area contributed by atoms with E-state index in [2.05, 4.69) is 6.92 Å². The molecule has 0 unspecified atom stereocenters. The van der Waals surface area contributed by atoms with Gasteiger partial charge in [0.1, 0.15) is 17.7 Å². The molecule has 5 rings (SSSR count). The highest BCUT2D eigenvalue weighted by Crippen LogP contribution is 2.68. The molecule has 4 aliphatic rings. The molecule has 34 heavy (non-hydrogen) atoms. The Hall–Kier alpha value is -2.70. The molecule has 3 aliphatic carbocycles. The first-order valence-corrected chi connectivity index (χ1v) is 12.1. The number of ketones is 2. The van der Waals surface area contributed by atoms with Crippen molar-refractivity contribution in [2.24, 2.45) is 39.9 Å². The van der Waals surface area contributed by atoms with Crippen molar-refractivity contribution >= 4 is 23.5 Å². The Kier molecular flexibility index (Phi) is 5.02. The first-order chi connectivity index (χ1) is 16.0. The minimum atomic E-state index is -0.867. The number of methoxy groups -OCH3 is 1. The van der Waals surface area contributed by atoms with Gasteiger partial charge in [0.25, 0.3) is 0 Å². The molecule has 2 heterocycles. The van der Waals surface area contributed by atoms with Crippen LogP contribution >= 0.6 is 0 Å². The van der Waals surface area contributed by atoms with Crippen molar-refractivity contribution in [2.75, 3.05) is 7.11 Å². The molecule has 1 aliphatic heterocycles. The first kappa shape index (κ1) is 23.1. The number of hydrogen-bond donors (Lipinski definition) is 0. The van der Waals surface area contributed by atoms with Crippen molar-refractivity contribution in [3.63, 3.8) is 0 Å². The number of Topliss-reactive ketones (excluding diaryl/α,β-unsaturated/α-hetero) is 2. The van der Waals surface area contributed by atoms with Crippen molar-refractivity contribution in [2.45, 2.75) is 59.5 Å². The number of esters is 2. The predicted molar refractivity (Wildman–Crippen MR) is 120 cm³/mol. The Morgan fingerprint density at radius 2 is 1.88 bits per heavy atom. The van der Waals surface area contributed by atoms with Crippen LogP contribution in [0, 0.1) is 39.9 Å². The highest BCUT2D eigenvalue weighted by atomic mass is 16.5. The summed E-state index contributed by atoms with van der Waals surface area (Å²) in [5.41, 5.74) is -0.390. The van der Waals surface area contributed by atoms with E-state index < -0.39 is 46.1 Å². The fourth-order valence-electron chi connectivity index (χ4n) is 7.93. The molecule has 7 atom stereocenters. The smallest absolute Gasteiger partial charge is 0.331 e. The molecule has 0 aromatic carbocycles. The van der Waals surface area contributed by atoms with Crippen LogP contribution in [0.1, 0.15) is 65.0 Å². The van der Waals surface area contributed by atoms with Crippen LogP contribution < -0.4 is 0 Å². The zero-order valence-corrected chi connectivity index (χ0v) is 20.4. The molecule has 7 nitrogen and oxygen atoms in total. The van der Waals surface area contributed by atoms with Crippen molar-refractivity contribution in [3.8, 4) is 0 Å². The van der Waals surface area contributed by atoms with Crippen LogP contribution in [0.5, 0.6) is 0 Å². The number of cyclic esters (lactones) is 1. The maximum Gasteiger partial charge on any atom is 0.331 e. The molecule has 7 heteroatoms. The molecule has 0 saturated heterocycles. The monoisotopic (exact) mass is 468 g/mol. The van der Waals surface area contributed by atoms with Gasteiger partial charge in [-0.15, -0.1) is 0 Å². The molecular weight excluding hydrogens is 436 g/mol. The van der Waals surface area contributed by atoms with Gasteiger partial charge in [-0.25, -0.2) is 4.79 Å². The second kappa shape index (κ2) is 7.40. The fourth-order valence-corrected chi connectivity index (χ4v) is 7.93. The van der Waals surface area contributed by atoms with Crippen LogP contribution in [-0.4, -0.2) is 30.6 Å². The highest BCUT2D eigenvalue weighted by molar-refractivity contribution is 6.11. The number of hydrogen-bond acceptors (Lipinski definition) is 7. The second-order valence-corrected chi connectivity index (χ2v) is 11.5. The molecule has 0 amide bonds. The Morgan fingerprint density at radius 3 is 2.53 bits per heavy atom. The summed E-state index contributed by atoms with van der Waals surface area (Å²) in [6.07, 6.45) is 6.16. The van der Waals surface area contributed by atoms with E-state index in [1.54, 1.807) is 18.6 Å². The van der Waals surface area contributed by atoms with Gasteiger partial charge in [0.05, 0.1) is 32.0 Å². The van der Waals surface area contributed by atoms with Gasteiger partial charge in [0.2, 0.25) is 0 Å². The quantitative estimate of drug-likeness (QED) is 0.484. The van der Waals surface area contributed by atoms with Gasteiger partial charge in [-0.2, -0.15) is 0 Å². The van der Waals surface area contributed by atoms with Crippen LogP contribution in [0.3, 0.4) is 0 Å². The number of carbonyl (C=O) groups is 4. The average Bonchev–Trinajstić information content (AvgIpc) is 3.32. The van der Waals surface area contributed by atoms with E-state index in [1.807, 2.05) is 26.8 Å². The van der Waals surface area contributed by atoms with E-state index in [4.69, 9.17) is 13.9 Å². The Morgan fingerprint density at radius 1 is 1.15 bits per heavy atom. The largest absolute Gasteiger partial charge is 0.472 e. The summed E-state index contributed by atoms with van der Waals surface area (Å²) < 4.78 is 16.0. The lowest BCUT2D eigenvalue weighted by Gasteiger charge is -2.63. The van der Waals surface area contributed by atoms with Gasteiger partial charge >= 0.3 is 11.9 Å². The molecule has 3 fully saturated rings. The highest BCUT2D eigenvalue weighted by Gasteiger charge is 2.69. The number of ether oxygens (including phenoxy) is 2. The average molecular weight is 469 g/mol. The van der Waals surface area contributed by atoms with Gasteiger partial charge < -0.3 is 13.9 Å². The summed E-state index contributed by atoms with van der Waals surface area (Å²) in [6.45, 7) is 7.77. The predicted octanol–water partition coefficient (Wildman–Crippen LogP) is 4.22. The maximum atomic E-state index is 13.8. The van der Waals surface area contributed by atoms with Crippen molar-refractivity contribution in [3.05, 3.63) is 35.8 Å². The molecule has 0 spiro atoms. The minimum absolute atomic E-state index is 0.0173. The summed E-state index contributed by atoms with van der Waals surface area (Å²) in [7, 11) is 1.33. The molecule has 0 N–H and O–H groups in total. The van der Waals surface area contributed by atoms with E-state index in [9.17, 15) is 19.2 Å². The number of furan rings is 1. The second-order valence-electron chi connectivity index (χ2n) is 11.5. The molecule has 0 radical (unpaired) electrons. The van der Waals surface area contributed by atoms with E-state index >= 15 is 0 Å². The Labute approximate surface area is 199 Å². The maximum absolute atomic E-state index is 13.8. The first-order valence-electron chi connectivity index (χ1n) is 12.1. The Bertz CT molecular complexity index is 1100. The van der Waals surface area contributed by atoms with Crippen LogP contribution in [-0.2, 0) is 28.7 Å². The summed E-state index contributed by atoms with van der Waals surface area (Å²) in [5.74, 6) is -2.39. The minimum Gasteiger partial charge on any atom is -0.472 e. The standard InChI is InChI=1S/C27H32O7/c1-25(2)19(12-20(28)32-5)27(4)17-6-8-26(3)18(15(17)10-16(22(25)30)23(27)31)11-21(29)34-24(26)14-7-9-33-13-14/h7,9,11,13,15-17,19,24H,6,8,10,12H2,1-5H3/t15-,16+,17+,19+,24+,26-,27+/m0/s1. The van der Waals surface area contributed by atoms with E-state index in [0.29, 0.717) is 6.42 Å². The van der Waals surface area contributed by atoms with E-state index in [1.165, 1.54) is 7.11 Å². The third-order valence-corrected chi connectivity index (χ3v) is 9.70. The normalized spacial score (nSPS) is 40.6. The van der Waals surface area contributed by atoms with Gasteiger partial charge in [-0.05, 0) is 48.7 Å². The summed E-state index contributed by atoms with van der Waals surface area (Å²) in [5, 5.41) is 0. The molecule has 1 aromatic rings. The Balaban J connectivity index is 1.62. The lowest BCUT2D eigenvalue weighted by molar-refractivity contribution is -0.182. The summed E-state index contributed by atoms with van der Waals surface area (Å²) in [4.78, 5) is 52.6. The van der Waals surface area contributed by atoms with E-state index in [-0.39, 0.29) is 29.8 Å². The number of carbonyl (C=O) groups excluding carboxylic acids is 4. The van der Waals surface area contributed by atoms with E-state index in [0.717, 1.165) is 24.0 Å². The zero-order valence-electron chi connectivity index (χ0n) is 20.4. The van der Waals surface area contributed by atoms with Gasteiger partial charge in [-0.3, -0.25) is 14.4 Å². The molecule has 2 bridgehead atoms. The third kappa shape index (κ3) is 2.88. The van der Waals surface area contributed by atoms with Gasteiger partial charge in [0.15, 0.2) is 0 Å². The van der Waals surface area contributed by atoms with Crippen LogP contribution in [0.4, 0.5) is 0 Å². The van der Waals surface area contributed by atoms with Gasteiger partial charge in [0, 0.05) is 27.9 Å². The van der Waals surface area contributed by atoms with Gasteiger partial charge in [-0.1, -0.05) is 27.7 Å². The van der Waals surface area contributed by atoms with Crippen molar-refractivity contribution in [1.82, 2.24) is 0 Å². The van der Waals surface area contributed by atoms with Crippen LogP contribution in [0.25, 0.3) is 0 Å². The summed E-state index contributed by atoms with van der Waals surface area (Å²) in [6, 6.07) is 1.82. The molecule has 3 saturated carbocycles. The lowest BCUT2D eigenvalue weighted by atomic mass is 9.39. The lowest BCUT2D eigenvalue weighted by Crippen LogP contribution is -2.66. The number of fused-ring (bicyclic) bond motifs is 6. The molecule has 182 valence electrons. The topological polar surface area (TPSA) is 99.9 Å². The fraction of sp³-hybridized carbons (Fsp3) is 0.630. The van der Waals surface area contributed by atoms with Crippen molar-refractivity contribution < 1.29 is 33.1 Å². The molecule has 1 aromatic heterocycles.